The summed E-state index contributed by atoms with van der Waals surface area (Å²) in [5.74, 6) is -7.40. The number of hydrogen-bond acceptors (Lipinski definition) is 6. The molecule has 0 radical (unpaired) electrons. The van der Waals surface area contributed by atoms with E-state index < -0.39 is 47.5 Å². The molecule has 1 unspecified atom stereocenters. The average molecular weight is 500 g/mol. The number of carbonyl (C=O) groups is 2. The van der Waals surface area contributed by atoms with Crippen LogP contribution in [0.15, 0.2) is 35.9 Å². The summed E-state index contributed by atoms with van der Waals surface area (Å²) in [6, 6.07) is 5.13. The van der Waals surface area contributed by atoms with Crippen molar-refractivity contribution >= 4 is 35.3 Å². The van der Waals surface area contributed by atoms with E-state index in [0.29, 0.717) is 6.08 Å². The first-order valence-corrected chi connectivity index (χ1v) is 8.89. The van der Waals surface area contributed by atoms with Crippen LogP contribution in [-0.4, -0.2) is 30.4 Å². The van der Waals surface area contributed by atoms with Gasteiger partial charge in [-0.2, -0.15) is 26.3 Å². The van der Waals surface area contributed by atoms with E-state index in [1.54, 1.807) is 0 Å². The van der Waals surface area contributed by atoms with Gasteiger partial charge in [-0.05, 0) is 24.3 Å². The Labute approximate surface area is 184 Å². The van der Waals surface area contributed by atoms with E-state index in [-0.39, 0.29) is 27.8 Å². The molecule has 0 amide bonds. The fraction of sp³-hybridized carbons (Fsp3) is 0.158. The van der Waals surface area contributed by atoms with Gasteiger partial charge in [-0.1, -0.05) is 11.6 Å². The highest BCUT2D eigenvalue weighted by Crippen LogP contribution is 2.43. The molecule has 33 heavy (non-hydrogen) atoms. The Hall–Kier alpha value is -3.48. The lowest BCUT2D eigenvalue weighted by Gasteiger charge is -2.28. The lowest BCUT2D eigenvalue weighted by Crippen LogP contribution is -2.42. The van der Waals surface area contributed by atoms with Crippen molar-refractivity contribution in [2.24, 2.45) is 0 Å². The Morgan fingerprint density at radius 3 is 2.27 bits per heavy atom. The van der Waals surface area contributed by atoms with Crippen molar-refractivity contribution in [3.63, 3.8) is 0 Å². The fourth-order valence-electron chi connectivity index (χ4n) is 2.61. The summed E-state index contributed by atoms with van der Waals surface area (Å²) in [4.78, 5) is 22.7. The number of nitrogen functional groups attached to an aromatic ring is 1. The number of fused-ring (bicyclic) bond motifs is 1. The van der Waals surface area contributed by atoms with Crippen molar-refractivity contribution < 1.29 is 54.5 Å². The Morgan fingerprint density at radius 2 is 1.70 bits per heavy atom. The summed E-state index contributed by atoms with van der Waals surface area (Å²) < 4.78 is 105. The lowest BCUT2D eigenvalue weighted by molar-refractivity contribution is -0.204. The van der Waals surface area contributed by atoms with Crippen molar-refractivity contribution in [1.82, 2.24) is 0 Å². The molecule has 1 heterocycles. The van der Waals surface area contributed by atoms with Crippen LogP contribution in [0.5, 0.6) is 17.2 Å². The van der Waals surface area contributed by atoms with Crippen LogP contribution in [0.3, 0.4) is 0 Å². The van der Waals surface area contributed by atoms with Crippen LogP contribution in [-0.2, 0) is 14.3 Å². The summed E-state index contributed by atoms with van der Waals surface area (Å²) in [5, 5.41) is -0.283. The van der Waals surface area contributed by atoms with Gasteiger partial charge in [0.2, 0.25) is 6.10 Å². The Kier molecular flexibility index (Phi) is 6.20. The van der Waals surface area contributed by atoms with Crippen LogP contribution in [0.25, 0.3) is 6.08 Å². The van der Waals surface area contributed by atoms with Gasteiger partial charge in [0.15, 0.2) is 11.6 Å². The molecule has 0 spiro atoms. The number of ether oxygens (including phenoxy) is 3. The molecule has 0 bridgehead atoms. The van der Waals surface area contributed by atoms with Crippen LogP contribution in [0, 0.1) is 5.82 Å². The third-order valence-electron chi connectivity index (χ3n) is 4.03. The highest BCUT2D eigenvalue weighted by molar-refractivity contribution is 6.32. The van der Waals surface area contributed by atoms with Gasteiger partial charge in [0.05, 0.1) is 10.6 Å². The Morgan fingerprint density at radius 1 is 1.03 bits per heavy atom. The van der Waals surface area contributed by atoms with Crippen LogP contribution in [0.1, 0.15) is 5.56 Å². The topological polar surface area (TPSA) is 87.9 Å². The minimum atomic E-state index is -5.62. The number of halogens is 8. The minimum absolute atomic E-state index is 0.0706. The molecule has 176 valence electrons. The second kappa shape index (κ2) is 8.46. The molecule has 2 aromatic rings. The SMILES string of the molecule is Nc1ccc(Oc2cc3c(cc2Cl)C=C(C(=O)OC(=O)C(F)(F)F)C(C(F)(F)F)O3)c(F)c1. The fourth-order valence-corrected chi connectivity index (χ4v) is 2.82. The first-order chi connectivity index (χ1) is 15.2. The molecular formula is C19H9ClF7NO5. The zero-order chi connectivity index (χ0) is 24.7. The molecule has 3 rings (SSSR count). The van der Waals surface area contributed by atoms with E-state index in [1.165, 1.54) is 6.07 Å². The molecule has 1 aliphatic heterocycles. The molecule has 2 N–H and O–H groups in total. The van der Waals surface area contributed by atoms with Gasteiger partial charge in [0, 0.05) is 23.4 Å². The van der Waals surface area contributed by atoms with Crippen molar-refractivity contribution in [3.05, 3.63) is 52.3 Å². The molecule has 0 aromatic heterocycles. The maximum absolute atomic E-state index is 14.0. The predicted octanol–water partition coefficient (Wildman–Crippen LogP) is 5.19. The zero-order valence-corrected chi connectivity index (χ0v) is 16.4. The van der Waals surface area contributed by atoms with Gasteiger partial charge in [-0.15, -0.1) is 0 Å². The van der Waals surface area contributed by atoms with Gasteiger partial charge in [-0.25, -0.2) is 14.0 Å². The molecule has 0 aliphatic carbocycles. The summed E-state index contributed by atoms with van der Waals surface area (Å²) in [6.07, 6.45) is -13.5. The largest absolute Gasteiger partial charge is 0.491 e. The highest BCUT2D eigenvalue weighted by atomic mass is 35.5. The van der Waals surface area contributed by atoms with Crippen molar-refractivity contribution in [3.8, 4) is 17.2 Å². The summed E-state index contributed by atoms with van der Waals surface area (Å²) >= 11 is 5.99. The minimum Gasteiger partial charge on any atom is -0.475 e. The van der Waals surface area contributed by atoms with Crippen LogP contribution < -0.4 is 15.2 Å². The number of esters is 2. The molecule has 2 aromatic carbocycles. The van der Waals surface area contributed by atoms with Crippen LogP contribution in [0.2, 0.25) is 5.02 Å². The highest BCUT2D eigenvalue weighted by Gasteiger charge is 2.51. The van der Waals surface area contributed by atoms with Gasteiger partial charge >= 0.3 is 24.3 Å². The van der Waals surface area contributed by atoms with Crippen molar-refractivity contribution in [2.45, 2.75) is 18.5 Å². The normalized spacial score (nSPS) is 15.8. The van der Waals surface area contributed by atoms with E-state index in [1.807, 2.05) is 0 Å². The standard InChI is InChI=1S/C19H9ClF7NO5/c20-10-4-7-3-9(16(29)33-17(30)19(25,26)27)15(18(22,23)24)32-13(7)6-14(10)31-12-2-1-8(28)5-11(12)21/h1-6,15H,28H2. The number of benzene rings is 2. The molecule has 0 saturated heterocycles. The Balaban J connectivity index is 1.99. The van der Waals surface area contributed by atoms with E-state index in [4.69, 9.17) is 26.8 Å². The maximum atomic E-state index is 14.0. The first-order valence-electron chi connectivity index (χ1n) is 8.51. The molecule has 0 saturated carbocycles. The van der Waals surface area contributed by atoms with Gasteiger partial charge < -0.3 is 19.9 Å². The van der Waals surface area contributed by atoms with Gasteiger partial charge in [0.25, 0.3) is 0 Å². The van der Waals surface area contributed by atoms with Crippen molar-refractivity contribution in [2.75, 3.05) is 5.73 Å². The molecule has 0 fully saturated rings. The molecule has 6 nitrogen and oxygen atoms in total. The van der Waals surface area contributed by atoms with Gasteiger partial charge in [-0.3, -0.25) is 0 Å². The summed E-state index contributed by atoms with van der Waals surface area (Å²) in [7, 11) is 0. The number of alkyl halides is 6. The van der Waals surface area contributed by atoms with Crippen LogP contribution in [0.4, 0.5) is 36.4 Å². The second-order valence-corrected chi connectivity index (χ2v) is 6.83. The second-order valence-electron chi connectivity index (χ2n) is 6.43. The number of nitrogens with two attached hydrogens (primary N) is 1. The van der Waals surface area contributed by atoms with E-state index in [0.717, 1.165) is 24.3 Å². The molecule has 1 atom stereocenters. The summed E-state index contributed by atoms with van der Waals surface area (Å²) in [5.41, 5.74) is 3.77. The van der Waals surface area contributed by atoms with E-state index >= 15 is 0 Å². The molecule has 14 heteroatoms. The smallest absolute Gasteiger partial charge is 0.475 e. The third-order valence-corrected chi connectivity index (χ3v) is 4.32. The summed E-state index contributed by atoms with van der Waals surface area (Å²) in [6.45, 7) is 0. The maximum Gasteiger partial charge on any atom is 0.491 e. The number of anilines is 1. The predicted molar refractivity (Wildman–Crippen MR) is 97.9 cm³/mol. The zero-order valence-electron chi connectivity index (χ0n) is 15.7. The number of carbonyl (C=O) groups excluding carboxylic acids is 2. The lowest BCUT2D eigenvalue weighted by atomic mass is 10.0. The first kappa shape index (κ1) is 24.2. The number of hydrogen-bond donors (Lipinski definition) is 1. The van der Waals surface area contributed by atoms with Gasteiger partial charge in [0.1, 0.15) is 11.5 Å². The van der Waals surface area contributed by atoms with Crippen LogP contribution >= 0.6 is 11.6 Å². The van der Waals surface area contributed by atoms with E-state index in [2.05, 4.69) is 4.74 Å². The molecule has 1 aliphatic rings. The monoisotopic (exact) mass is 499 g/mol. The van der Waals surface area contributed by atoms with E-state index in [9.17, 15) is 40.3 Å². The average Bonchev–Trinajstić information content (AvgIpc) is 2.68. The third kappa shape index (κ3) is 5.30. The molecular weight excluding hydrogens is 491 g/mol. The van der Waals surface area contributed by atoms with Crippen molar-refractivity contribution in [1.29, 1.82) is 0 Å². The Bertz CT molecular complexity index is 1160. The quantitative estimate of drug-likeness (QED) is 0.271. The number of rotatable bonds is 3.